The molecule has 21 heavy (non-hydrogen) atoms. The number of fused-ring (bicyclic) bond motifs is 1. The molecule has 0 aliphatic carbocycles. The van der Waals surface area contributed by atoms with Crippen molar-refractivity contribution in [1.82, 2.24) is 9.88 Å². The van der Waals surface area contributed by atoms with Crippen molar-refractivity contribution in [2.24, 2.45) is 5.73 Å². The first kappa shape index (κ1) is 13.1. The molecule has 112 valence electrons. The molecule has 4 rings (SSSR count). The Balaban J connectivity index is 1.50. The molecule has 0 aromatic carbocycles. The summed E-state index contributed by atoms with van der Waals surface area (Å²) in [6.07, 6.45) is 7.06. The summed E-state index contributed by atoms with van der Waals surface area (Å²) < 4.78 is 5.48. The predicted octanol–water partition coefficient (Wildman–Crippen LogP) is 1.83. The zero-order valence-electron chi connectivity index (χ0n) is 12.2. The van der Waals surface area contributed by atoms with Crippen molar-refractivity contribution in [2.75, 3.05) is 31.1 Å². The summed E-state index contributed by atoms with van der Waals surface area (Å²) in [6.45, 7) is 4.42. The fraction of sp³-hybridized carbons (Fsp3) is 0.562. The van der Waals surface area contributed by atoms with Gasteiger partial charge in [0.15, 0.2) is 0 Å². The molecule has 2 fully saturated rings. The Morgan fingerprint density at radius 2 is 2.00 bits per heavy atom. The van der Waals surface area contributed by atoms with Gasteiger partial charge in [0.05, 0.1) is 11.6 Å². The number of piperidine rings is 1. The van der Waals surface area contributed by atoms with E-state index >= 15 is 0 Å². The van der Waals surface area contributed by atoms with Gasteiger partial charge in [0.1, 0.15) is 11.4 Å². The molecule has 1 unspecified atom stereocenters. The van der Waals surface area contributed by atoms with Gasteiger partial charge < -0.3 is 15.1 Å². The Kier molecular flexibility index (Phi) is 3.31. The number of likely N-dealkylation sites (tertiary alicyclic amines) is 1. The molecule has 0 amide bonds. The van der Waals surface area contributed by atoms with E-state index in [2.05, 4.69) is 14.8 Å². The minimum absolute atomic E-state index is 0.403. The SMILES string of the molecule is NC1CCN(C2CCN(c3nccc4occc34)C2)CC1. The van der Waals surface area contributed by atoms with Crippen molar-refractivity contribution in [3.8, 4) is 0 Å². The van der Waals surface area contributed by atoms with E-state index in [0.29, 0.717) is 12.1 Å². The average Bonchev–Trinajstić information content (AvgIpc) is 3.16. The first-order valence-corrected chi connectivity index (χ1v) is 7.88. The largest absolute Gasteiger partial charge is 0.464 e. The molecule has 2 aliphatic rings. The highest BCUT2D eigenvalue weighted by atomic mass is 16.3. The van der Waals surface area contributed by atoms with Crippen molar-refractivity contribution in [3.05, 3.63) is 24.6 Å². The van der Waals surface area contributed by atoms with Gasteiger partial charge in [-0.1, -0.05) is 0 Å². The van der Waals surface area contributed by atoms with E-state index in [-0.39, 0.29) is 0 Å². The number of aromatic nitrogens is 1. The zero-order chi connectivity index (χ0) is 14.2. The molecule has 2 aromatic heterocycles. The summed E-state index contributed by atoms with van der Waals surface area (Å²) in [6, 6.07) is 4.99. The summed E-state index contributed by atoms with van der Waals surface area (Å²) in [4.78, 5) is 9.59. The summed E-state index contributed by atoms with van der Waals surface area (Å²) in [7, 11) is 0. The molecule has 1 atom stereocenters. The third kappa shape index (κ3) is 2.40. The molecular formula is C16H22N4O. The quantitative estimate of drug-likeness (QED) is 0.912. The van der Waals surface area contributed by atoms with Crippen LogP contribution in [0, 0.1) is 0 Å². The van der Waals surface area contributed by atoms with Crippen LogP contribution in [0.2, 0.25) is 0 Å². The summed E-state index contributed by atoms with van der Waals surface area (Å²) in [5.74, 6) is 1.07. The fourth-order valence-corrected chi connectivity index (χ4v) is 3.65. The second-order valence-corrected chi connectivity index (χ2v) is 6.23. The summed E-state index contributed by atoms with van der Waals surface area (Å²) >= 11 is 0. The van der Waals surface area contributed by atoms with Crippen LogP contribution in [0.4, 0.5) is 5.82 Å². The molecule has 2 aliphatic heterocycles. The van der Waals surface area contributed by atoms with Crippen LogP contribution >= 0.6 is 0 Å². The van der Waals surface area contributed by atoms with Crippen LogP contribution in [-0.2, 0) is 0 Å². The number of rotatable bonds is 2. The number of furan rings is 1. The lowest BCUT2D eigenvalue weighted by atomic mass is 10.0. The molecule has 0 spiro atoms. The van der Waals surface area contributed by atoms with Crippen LogP contribution in [0.15, 0.2) is 29.0 Å². The zero-order valence-corrected chi connectivity index (χ0v) is 12.2. The topological polar surface area (TPSA) is 58.5 Å². The molecule has 0 bridgehead atoms. The number of nitrogens with two attached hydrogens (primary N) is 1. The number of hydrogen-bond acceptors (Lipinski definition) is 5. The molecular weight excluding hydrogens is 264 g/mol. The highest BCUT2D eigenvalue weighted by Gasteiger charge is 2.31. The standard InChI is InChI=1S/C16H22N4O/c17-12-2-7-19(8-3-12)13-4-9-20(11-13)16-14-5-10-21-15(14)1-6-18-16/h1,5-6,10,12-13H,2-4,7-9,11,17H2. The highest BCUT2D eigenvalue weighted by Crippen LogP contribution is 2.29. The number of hydrogen-bond donors (Lipinski definition) is 1. The number of pyridine rings is 1. The van der Waals surface area contributed by atoms with E-state index in [9.17, 15) is 0 Å². The first-order chi connectivity index (χ1) is 10.3. The van der Waals surface area contributed by atoms with Crippen LogP contribution in [0.1, 0.15) is 19.3 Å². The van der Waals surface area contributed by atoms with Crippen molar-refractivity contribution >= 4 is 16.8 Å². The monoisotopic (exact) mass is 286 g/mol. The predicted molar refractivity (Wildman–Crippen MR) is 83.4 cm³/mol. The average molecular weight is 286 g/mol. The number of nitrogens with zero attached hydrogens (tertiary/aromatic N) is 3. The van der Waals surface area contributed by atoms with Gasteiger partial charge >= 0.3 is 0 Å². The lowest BCUT2D eigenvalue weighted by Crippen LogP contribution is -2.46. The summed E-state index contributed by atoms with van der Waals surface area (Å²) in [5.41, 5.74) is 6.93. The van der Waals surface area contributed by atoms with Gasteiger partial charge in [-0.2, -0.15) is 0 Å². The normalized spacial score (nSPS) is 25.0. The fourth-order valence-electron chi connectivity index (χ4n) is 3.65. The Morgan fingerprint density at radius 1 is 1.14 bits per heavy atom. The smallest absolute Gasteiger partial charge is 0.139 e. The van der Waals surface area contributed by atoms with Crippen molar-refractivity contribution in [1.29, 1.82) is 0 Å². The van der Waals surface area contributed by atoms with Crippen molar-refractivity contribution in [2.45, 2.75) is 31.3 Å². The maximum atomic E-state index is 6.01. The van der Waals surface area contributed by atoms with Gasteiger partial charge in [-0.15, -0.1) is 0 Å². The van der Waals surface area contributed by atoms with Gasteiger partial charge in [0.25, 0.3) is 0 Å². The molecule has 2 aromatic rings. The van der Waals surface area contributed by atoms with E-state index < -0.39 is 0 Å². The first-order valence-electron chi connectivity index (χ1n) is 7.88. The molecule has 5 heteroatoms. The van der Waals surface area contributed by atoms with Gasteiger partial charge in [0.2, 0.25) is 0 Å². The molecule has 2 N–H and O–H groups in total. The van der Waals surface area contributed by atoms with Crippen LogP contribution < -0.4 is 10.6 Å². The van der Waals surface area contributed by atoms with E-state index in [1.165, 1.54) is 6.42 Å². The molecule has 0 saturated carbocycles. The molecule has 2 saturated heterocycles. The lowest BCUT2D eigenvalue weighted by molar-refractivity contribution is 0.163. The Hall–Kier alpha value is -1.59. The number of anilines is 1. The van der Waals surface area contributed by atoms with Crippen LogP contribution in [0.25, 0.3) is 11.0 Å². The minimum atomic E-state index is 0.403. The van der Waals surface area contributed by atoms with Gasteiger partial charge in [0, 0.05) is 31.4 Å². The van der Waals surface area contributed by atoms with Crippen LogP contribution in [0.3, 0.4) is 0 Å². The summed E-state index contributed by atoms with van der Waals surface area (Å²) in [5, 5.41) is 1.12. The van der Waals surface area contributed by atoms with Gasteiger partial charge in [-0.3, -0.25) is 4.90 Å². The molecule has 0 radical (unpaired) electrons. The Morgan fingerprint density at radius 3 is 2.86 bits per heavy atom. The minimum Gasteiger partial charge on any atom is -0.464 e. The van der Waals surface area contributed by atoms with Gasteiger partial charge in [-0.05, 0) is 44.5 Å². The third-order valence-electron chi connectivity index (χ3n) is 4.91. The Labute approximate surface area is 124 Å². The highest BCUT2D eigenvalue weighted by molar-refractivity contribution is 5.88. The van der Waals surface area contributed by atoms with E-state index in [1.54, 1.807) is 6.26 Å². The van der Waals surface area contributed by atoms with Crippen molar-refractivity contribution in [3.63, 3.8) is 0 Å². The van der Waals surface area contributed by atoms with Crippen LogP contribution in [-0.4, -0.2) is 48.1 Å². The maximum Gasteiger partial charge on any atom is 0.139 e. The molecule has 5 nitrogen and oxygen atoms in total. The van der Waals surface area contributed by atoms with Crippen LogP contribution in [0.5, 0.6) is 0 Å². The van der Waals surface area contributed by atoms with Gasteiger partial charge in [-0.25, -0.2) is 4.98 Å². The van der Waals surface area contributed by atoms with E-state index in [1.807, 2.05) is 18.3 Å². The third-order valence-corrected chi connectivity index (χ3v) is 4.91. The van der Waals surface area contributed by atoms with Crippen molar-refractivity contribution < 1.29 is 4.42 Å². The van der Waals surface area contributed by atoms with E-state index in [4.69, 9.17) is 10.2 Å². The second kappa shape index (κ2) is 5.31. The Bertz CT molecular complexity index is 618. The lowest BCUT2D eigenvalue weighted by Gasteiger charge is -2.34. The molecule has 4 heterocycles. The maximum absolute atomic E-state index is 6.01. The van der Waals surface area contributed by atoms with E-state index in [0.717, 1.165) is 55.8 Å². The second-order valence-electron chi connectivity index (χ2n) is 6.23.